The van der Waals surface area contributed by atoms with Gasteiger partial charge < -0.3 is 19.9 Å². The van der Waals surface area contributed by atoms with Crippen LogP contribution in [0.3, 0.4) is 0 Å². The minimum Gasteiger partial charge on any atom is -0.456 e. The highest BCUT2D eigenvalue weighted by Crippen LogP contribution is 2.08. The second-order valence-corrected chi connectivity index (χ2v) is 6.26. The van der Waals surface area contributed by atoms with E-state index in [-0.39, 0.29) is 5.78 Å². The average Bonchev–Trinajstić information content (AvgIpc) is 2.48. The van der Waals surface area contributed by atoms with Gasteiger partial charge in [0.1, 0.15) is 5.60 Å². The molecule has 1 aromatic rings. The molecule has 7 nitrogen and oxygen atoms in total. The molecule has 0 aliphatic carbocycles. The van der Waals surface area contributed by atoms with E-state index in [2.05, 4.69) is 5.32 Å². The predicted molar refractivity (Wildman–Crippen MR) is 86.6 cm³/mol. The number of aliphatic hydroxyl groups excluding tert-OH is 1. The van der Waals surface area contributed by atoms with Crippen LogP contribution in [0.1, 0.15) is 38.1 Å². The molecule has 0 bridgehead atoms. The van der Waals surface area contributed by atoms with Crippen molar-refractivity contribution in [1.82, 2.24) is 5.32 Å². The van der Waals surface area contributed by atoms with Gasteiger partial charge in [-0.2, -0.15) is 0 Å². The number of ether oxygens (including phenoxy) is 2. The Kier molecular flexibility index (Phi) is 6.91. The van der Waals surface area contributed by atoms with Crippen LogP contribution in [0.2, 0.25) is 0 Å². The number of alkyl carbamates (subject to hydrolysis) is 1. The van der Waals surface area contributed by atoms with Gasteiger partial charge in [0.15, 0.2) is 18.4 Å². The molecule has 0 saturated heterocycles. The Morgan fingerprint density at radius 1 is 1.17 bits per heavy atom. The number of carbonyl (C=O) groups excluding carboxylic acids is 3. The summed E-state index contributed by atoms with van der Waals surface area (Å²) in [5.74, 6) is -1.30. The maximum Gasteiger partial charge on any atom is 0.408 e. The van der Waals surface area contributed by atoms with Gasteiger partial charge in [0, 0.05) is 5.56 Å². The third-order valence-corrected chi connectivity index (χ3v) is 2.85. The molecule has 2 unspecified atom stereocenters. The summed E-state index contributed by atoms with van der Waals surface area (Å²) in [6, 6.07) is 7.01. The highest BCUT2D eigenvalue weighted by atomic mass is 16.6. The van der Waals surface area contributed by atoms with E-state index < -0.39 is 36.4 Å². The zero-order chi connectivity index (χ0) is 18.3. The van der Waals surface area contributed by atoms with Crippen molar-refractivity contribution in [2.24, 2.45) is 0 Å². The molecule has 0 radical (unpaired) electrons. The quantitative estimate of drug-likeness (QED) is 0.605. The number of Topliss-reactive ketones (excluding diaryl/α,β-unsaturated/α-hetero) is 1. The Morgan fingerprint density at radius 3 is 2.25 bits per heavy atom. The second-order valence-electron chi connectivity index (χ2n) is 6.26. The molecule has 0 fully saturated rings. The minimum absolute atomic E-state index is 0.384. The van der Waals surface area contributed by atoms with Crippen molar-refractivity contribution in [3.05, 3.63) is 35.9 Å². The van der Waals surface area contributed by atoms with E-state index in [0.29, 0.717) is 5.56 Å². The van der Waals surface area contributed by atoms with Crippen molar-refractivity contribution in [3.63, 3.8) is 0 Å². The summed E-state index contributed by atoms with van der Waals surface area (Å²) < 4.78 is 9.92. The third-order valence-electron chi connectivity index (χ3n) is 2.85. The van der Waals surface area contributed by atoms with Gasteiger partial charge in [0.05, 0.1) is 6.10 Å². The van der Waals surface area contributed by atoms with Gasteiger partial charge in [-0.05, 0) is 27.7 Å². The van der Waals surface area contributed by atoms with Gasteiger partial charge >= 0.3 is 12.1 Å². The number of ketones is 1. The molecule has 24 heavy (non-hydrogen) atoms. The molecule has 1 amide bonds. The van der Waals surface area contributed by atoms with Crippen molar-refractivity contribution in [2.75, 3.05) is 6.61 Å². The fourth-order valence-corrected chi connectivity index (χ4v) is 1.74. The van der Waals surface area contributed by atoms with E-state index in [1.807, 2.05) is 0 Å². The van der Waals surface area contributed by atoms with Crippen molar-refractivity contribution in [3.8, 4) is 0 Å². The smallest absolute Gasteiger partial charge is 0.408 e. The van der Waals surface area contributed by atoms with Gasteiger partial charge in [-0.1, -0.05) is 30.3 Å². The summed E-state index contributed by atoms with van der Waals surface area (Å²) in [7, 11) is 0. The lowest BCUT2D eigenvalue weighted by Crippen LogP contribution is -2.50. The number of nitrogens with one attached hydrogen (secondary N) is 1. The molecule has 0 aliphatic rings. The van der Waals surface area contributed by atoms with Gasteiger partial charge in [-0.3, -0.25) is 4.79 Å². The monoisotopic (exact) mass is 337 g/mol. The van der Waals surface area contributed by atoms with E-state index in [9.17, 15) is 19.5 Å². The van der Waals surface area contributed by atoms with Crippen LogP contribution in [0.4, 0.5) is 4.79 Å². The van der Waals surface area contributed by atoms with Crippen molar-refractivity contribution < 1.29 is 29.0 Å². The minimum atomic E-state index is -1.33. The van der Waals surface area contributed by atoms with E-state index in [4.69, 9.17) is 9.47 Å². The number of carbonyl (C=O) groups is 3. The molecular formula is C17H23NO6. The molecule has 0 saturated carbocycles. The van der Waals surface area contributed by atoms with Crippen LogP contribution in [0.5, 0.6) is 0 Å². The first-order valence-corrected chi connectivity index (χ1v) is 7.52. The lowest BCUT2D eigenvalue weighted by Gasteiger charge is -2.24. The summed E-state index contributed by atoms with van der Waals surface area (Å²) in [4.78, 5) is 35.6. The first kappa shape index (κ1) is 19.6. The van der Waals surface area contributed by atoms with E-state index in [1.54, 1.807) is 51.1 Å². The Balaban J connectivity index is 2.61. The van der Waals surface area contributed by atoms with E-state index >= 15 is 0 Å². The topological polar surface area (TPSA) is 102 Å². The molecule has 0 heterocycles. The number of hydrogen-bond donors (Lipinski definition) is 2. The van der Waals surface area contributed by atoms with Gasteiger partial charge in [-0.15, -0.1) is 0 Å². The second kappa shape index (κ2) is 8.44. The Labute approximate surface area is 141 Å². The highest BCUT2D eigenvalue weighted by Gasteiger charge is 2.29. The first-order chi connectivity index (χ1) is 11.1. The van der Waals surface area contributed by atoms with Gasteiger partial charge in [0.2, 0.25) is 0 Å². The lowest BCUT2D eigenvalue weighted by molar-refractivity contribution is -0.147. The summed E-state index contributed by atoms with van der Waals surface area (Å²) >= 11 is 0. The zero-order valence-corrected chi connectivity index (χ0v) is 14.2. The largest absolute Gasteiger partial charge is 0.456 e. The number of amides is 1. The molecule has 0 spiro atoms. The molecule has 0 aromatic heterocycles. The summed E-state index contributed by atoms with van der Waals surface area (Å²) in [6.07, 6.45) is -2.07. The van der Waals surface area contributed by atoms with Crippen LogP contribution in [0.15, 0.2) is 30.3 Å². The van der Waals surface area contributed by atoms with Crippen molar-refractivity contribution in [1.29, 1.82) is 0 Å². The van der Waals surface area contributed by atoms with Crippen LogP contribution in [-0.2, 0) is 14.3 Å². The zero-order valence-electron chi connectivity index (χ0n) is 14.2. The van der Waals surface area contributed by atoms with Crippen LogP contribution in [-0.4, -0.2) is 47.3 Å². The maximum atomic E-state index is 12.0. The molecule has 1 aromatic carbocycles. The van der Waals surface area contributed by atoms with Gasteiger partial charge in [0.25, 0.3) is 0 Å². The molecule has 1 rings (SSSR count). The maximum absolute atomic E-state index is 12.0. The number of aliphatic hydroxyl groups is 1. The molecule has 0 aliphatic heterocycles. The van der Waals surface area contributed by atoms with Crippen molar-refractivity contribution >= 4 is 17.8 Å². The Hall–Kier alpha value is -2.41. The Bertz CT molecular complexity index is 576. The van der Waals surface area contributed by atoms with Crippen LogP contribution >= 0.6 is 0 Å². The Morgan fingerprint density at radius 2 is 1.75 bits per heavy atom. The molecule has 132 valence electrons. The average molecular weight is 337 g/mol. The third kappa shape index (κ3) is 6.78. The van der Waals surface area contributed by atoms with Crippen LogP contribution in [0, 0.1) is 0 Å². The van der Waals surface area contributed by atoms with Crippen molar-refractivity contribution in [2.45, 2.75) is 45.4 Å². The number of hydrogen-bond acceptors (Lipinski definition) is 6. The first-order valence-electron chi connectivity index (χ1n) is 7.52. The fraction of sp³-hybridized carbons (Fsp3) is 0.471. The molecule has 7 heteroatoms. The standard InChI is InChI=1S/C17H23NO6/c1-11(19)14(18-16(22)24-17(2,3)4)15(21)23-10-13(20)12-8-6-5-7-9-12/h5-9,11,14,19H,10H2,1-4H3,(H,18,22). The van der Waals surface area contributed by atoms with Gasteiger partial charge in [-0.25, -0.2) is 9.59 Å². The normalized spacial score (nSPS) is 13.5. The summed E-state index contributed by atoms with van der Waals surface area (Å²) in [5.41, 5.74) is -0.348. The predicted octanol–water partition coefficient (Wildman–Crippen LogP) is 1.69. The summed E-state index contributed by atoms with van der Waals surface area (Å²) in [5, 5.41) is 11.9. The SMILES string of the molecule is CC(O)C(NC(=O)OC(C)(C)C)C(=O)OCC(=O)c1ccccc1. The molecular weight excluding hydrogens is 314 g/mol. The summed E-state index contributed by atoms with van der Waals surface area (Å²) in [6.45, 7) is 5.84. The lowest BCUT2D eigenvalue weighted by atomic mass is 10.1. The number of benzene rings is 1. The highest BCUT2D eigenvalue weighted by molar-refractivity contribution is 5.98. The van der Waals surface area contributed by atoms with E-state index in [0.717, 1.165) is 0 Å². The van der Waals surface area contributed by atoms with Crippen LogP contribution in [0.25, 0.3) is 0 Å². The fourth-order valence-electron chi connectivity index (χ4n) is 1.74. The van der Waals surface area contributed by atoms with E-state index in [1.165, 1.54) is 6.92 Å². The molecule has 2 atom stereocenters. The number of rotatable bonds is 6. The van der Waals surface area contributed by atoms with Crippen LogP contribution < -0.4 is 5.32 Å². The number of esters is 1. The molecule has 2 N–H and O–H groups in total.